The molecule has 0 bridgehead atoms. The first kappa shape index (κ1) is 16.1. The molecule has 4 aliphatic rings. The summed E-state index contributed by atoms with van der Waals surface area (Å²) >= 11 is 0. The van der Waals surface area contributed by atoms with Crippen LogP contribution in [0.15, 0.2) is 18.2 Å². The Kier molecular flexibility index (Phi) is 3.69. The highest BCUT2D eigenvalue weighted by molar-refractivity contribution is 5.40. The highest BCUT2D eigenvalue weighted by atomic mass is 16.7. The summed E-state index contributed by atoms with van der Waals surface area (Å²) in [6.07, 6.45) is 7.36. The van der Waals surface area contributed by atoms with Gasteiger partial charge in [0, 0.05) is 11.8 Å². The zero-order chi connectivity index (χ0) is 17.1. The third kappa shape index (κ3) is 2.18. The van der Waals surface area contributed by atoms with Crippen LogP contribution in [0.3, 0.4) is 0 Å². The molecule has 0 aromatic heterocycles. The van der Waals surface area contributed by atoms with E-state index in [1.54, 1.807) is 5.56 Å². The van der Waals surface area contributed by atoms with E-state index in [0.29, 0.717) is 5.92 Å². The van der Waals surface area contributed by atoms with Crippen LogP contribution in [-0.4, -0.2) is 25.6 Å². The Labute approximate surface area is 151 Å². The van der Waals surface area contributed by atoms with Gasteiger partial charge in [-0.15, -0.1) is 0 Å². The van der Waals surface area contributed by atoms with Gasteiger partial charge in [-0.25, -0.2) is 0 Å². The molecule has 5 rings (SSSR count). The summed E-state index contributed by atoms with van der Waals surface area (Å²) in [7, 11) is 0. The van der Waals surface area contributed by atoms with Crippen molar-refractivity contribution < 1.29 is 14.2 Å². The van der Waals surface area contributed by atoms with E-state index >= 15 is 0 Å². The lowest BCUT2D eigenvalue weighted by Crippen LogP contribution is -2.51. The quantitative estimate of drug-likeness (QED) is 0.781. The van der Waals surface area contributed by atoms with Crippen LogP contribution < -0.4 is 4.74 Å². The third-order valence-electron chi connectivity index (χ3n) is 7.81. The number of rotatable bonds is 2. The Morgan fingerprint density at radius 1 is 1.12 bits per heavy atom. The van der Waals surface area contributed by atoms with Crippen molar-refractivity contribution in [2.45, 2.75) is 64.1 Å². The molecule has 1 aromatic carbocycles. The van der Waals surface area contributed by atoms with Crippen LogP contribution in [0.4, 0.5) is 0 Å². The summed E-state index contributed by atoms with van der Waals surface area (Å²) in [5.41, 5.74) is 3.32. The summed E-state index contributed by atoms with van der Waals surface area (Å²) < 4.78 is 18.2. The maximum Gasteiger partial charge on any atom is 0.174 e. The van der Waals surface area contributed by atoms with Gasteiger partial charge in [0.25, 0.3) is 0 Å². The van der Waals surface area contributed by atoms with E-state index in [4.69, 9.17) is 14.2 Å². The average molecular weight is 342 g/mol. The Morgan fingerprint density at radius 3 is 2.76 bits per heavy atom. The SMILES string of the molecule is CCOc1ccc2c(c1)CCC1C2CCC2(C)C1CCC21OCCO1. The minimum atomic E-state index is -0.276. The molecule has 3 fully saturated rings. The summed E-state index contributed by atoms with van der Waals surface area (Å²) in [6.45, 7) is 6.81. The van der Waals surface area contributed by atoms with E-state index in [2.05, 4.69) is 32.0 Å². The Bertz CT molecular complexity index is 663. The molecular weight excluding hydrogens is 312 g/mol. The van der Waals surface area contributed by atoms with Crippen molar-refractivity contribution >= 4 is 0 Å². The van der Waals surface area contributed by atoms with Crippen LogP contribution in [0.2, 0.25) is 0 Å². The van der Waals surface area contributed by atoms with Crippen LogP contribution in [0.1, 0.15) is 63.0 Å². The molecular formula is C22H30O3. The predicted molar refractivity (Wildman–Crippen MR) is 96.9 cm³/mol. The van der Waals surface area contributed by atoms with Gasteiger partial charge in [-0.3, -0.25) is 0 Å². The Balaban J connectivity index is 1.46. The molecule has 25 heavy (non-hydrogen) atoms. The van der Waals surface area contributed by atoms with E-state index < -0.39 is 0 Å². The van der Waals surface area contributed by atoms with E-state index in [0.717, 1.165) is 43.8 Å². The molecule has 2 saturated carbocycles. The second-order valence-corrected chi connectivity index (χ2v) is 8.65. The molecule has 1 saturated heterocycles. The molecule has 1 aromatic rings. The molecule has 136 valence electrons. The lowest BCUT2D eigenvalue weighted by Gasteiger charge is -2.52. The fraction of sp³-hybridized carbons (Fsp3) is 0.727. The second-order valence-electron chi connectivity index (χ2n) is 8.65. The molecule has 1 spiro atoms. The maximum absolute atomic E-state index is 6.23. The summed E-state index contributed by atoms with van der Waals surface area (Å²) in [6, 6.07) is 6.83. The topological polar surface area (TPSA) is 27.7 Å². The summed E-state index contributed by atoms with van der Waals surface area (Å²) in [5, 5.41) is 0. The van der Waals surface area contributed by atoms with Crippen LogP contribution in [0.25, 0.3) is 0 Å². The predicted octanol–water partition coefficient (Wildman–Crippen LogP) is 4.68. The Morgan fingerprint density at radius 2 is 1.96 bits per heavy atom. The minimum absolute atomic E-state index is 0.202. The van der Waals surface area contributed by atoms with Crippen LogP contribution in [-0.2, 0) is 15.9 Å². The van der Waals surface area contributed by atoms with Crippen molar-refractivity contribution in [3.63, 3.8) is 0 Å². The highest BCUT2D eigenvalue weighted by Crippen LogP contribution is 2.66. The molecule has 4 unspecified atom stereocenters. The van der Waals surface area contributed by atoms with Gasteiger partial charge in [-0.2, -0.15) is 0 Å². The van der Waals surface area contributed by atoms with E-state index in [1.165, 1.54) is 37.7 Å². The molecule has 0 radical (unpaired) electrons. The normalized spacial score (nSPS) is 38.2. The first-order chi connectivity index (χ1) is 12.2. The van der Waals surface area contributed by atoms with Crippen molar-refractivity contribution in [3.05, 3.63) is 29.3 Å². The fourth-order valence-electron chi connectivity index (χ4n) is 6.70. The first-order valence-electron chi connectivity index (χ1n) is 10.2. The highest BCUT2D eigenvalue weighted by Gasteiger charge is 2.64. The number of benzene rings is 1. The fourth-order valence-corrected chi connectivity index (χ4v) is 6.70. The van der Waals surface area contributed by atoms with Gasteiger partial charge in [0.15, 0.2) is 5.79 Å². The van der Waals surface area contributed by atoms with Crippen molar-refractivity contribution in [2.24, 2.45) is 17.3 Å². The van der Waals surface area contributed by atoms with Crippen LogP contribution >= 0.6 is 0 Å². The van der Waals surface area contributed by atoms with Crippen LogP contribution in [0, 0.1) is 17.3 Å². The number of aryl methyl sites for hydroxylation is 1. The van der Waals surface area contributed by atoms with Crippen LogP contribution in [0.5, 0.6) is 5.75 Å². The van der Waals surface area contributed by atoms with Gasteiger partial charge in [0.05, 0.1) is 19.8 Å². The number of ether oxygens (including phenoxy) is 3. The summed E-state index contributed by atoms with van der Waals surface area (Å²) in [4.78, 5) is 0. The van der Waals surface area contributed by atoms with Gasteiger partial charge in [0.1, 0.15) is 5.75 Å². The maximum atomic E-state index is 6.23. The number of hydrogen-bond donors (Lipinski definition) is 0. The van der Waals surface area contributed by atoms with E-state index in [-0.39, 0.29) is 11.2 Å². The van der Waals surface area contributed by atoms with Gasteiger partial charge < -0.3 is 14.2 Å². The molecule has 3 aliphatic carbocycles. The van der Waals surface area contributed by atoms with Gasteiger partial charge in [0.2, 0.25) is 0 Å². The van der Waals surface area contributed by atoms with Crippen molar-refractivity contribution in [3.8, 4) is 5.75 Å². The standard InChI is InChI=1S/C22H30O3/c1-3-23-16-5-7-17-15(14-16)4-6-19-18(17)8-10-21(2)20(19)9-11-22(21)24-12-13-25-22/h5,7,14,18-20H,3-4,6,8-13H2,1-2H3. The third-order valence-corrected chi connectivity index (χ3v) is 7.81. The second kappa shape index (κ2) is 5.72. The molecule has 4 atom stereocenters. The number of fused-ring (bicyclic) bond motifs is 6. The molecule has 1 aliphatic heterocycles. The smallest absolute Gasteiger partial charge is 0.174 e. The lowest BCUT2D eigenvalue weighted by molar-refractivity contribution is -0.237. The largest absolute Gasteiger partial charge is 0.494 e. The van der Waals surface area contributed by atoms with E-state index in [9.17, 15) is 0 Å². The average Bonchev–Trinajstić information content (AvgIpc) is 3.21. The van der Waals surface area contributed by atoms with Gasteiger partial charge >= 0.3 is 0 Å². The monoisotopic (exact) mass is 342 g/mol. The van der Waals surface area contributed by atoms with E-state index in [1.807, 2.05) is 0 Å². The molecule has 3 heteroatoms. The molecule has 1 heterocycles. The molecule has 0 N–H and O–H groups in total. The number of hydrogen-bond acceptors (Lipinski definition) is 3. The van der Waals surface area contributed by atoms with Crippen molar-refractivity contribution in [1.82, 2.24) is 0 Å². The molecule has 0 amide bonds. The van der Waals surface area contributed by atoms with Crippen molar-refractivity contribution in [2.75, 3.05) is 19.8 Å². The zero-order valence-electron chi connectivity index (χ0n) is 15.6. The Hall–Kier alpha value is -1.06. The van der Waals surface area contributed by atoms with Crippen molar-refractivity contribution in [1.29, 1.82) is 0 Å². The van der Waals surface area contributed by atoms with Gasteiger partial charge in [-0.05, 0) is 80.0 Å². The molecule has 3 nitrogen and oxygen atoms in total. The van der Waals surface area contributed by atoms with Gasteiger partial charge in [-0.1, -0.05) is 13.0 Å². The lowest BCUT2D eigenvalue weighted by atomic mass is 9.55. The first-order valence-corrected chi connectivity index (χ1v) is 10.2. The summed E-state index contributed by atoms with van der Waals surface area (Å²) in [5.74, 6) is 3.00. The zero-order valence-corrected chi connectivity index (χ0v) is 15.6. The minimum Gasteiger partial charge on any atom is -0.494 e.